The van der Waals surface area contributed by atoms with Crippen LogP contribution < -0.4 is 16.4 Å². The molecule has 2 heterocycles. The van der Waals surface area contributed by atoms with Crippen molar-refractivity contribution in [3.8, 4) is 0 Å². The number of aromatic amines is 2. The standard InChI is InChI=1S/C14H12BrN3O2S/c1-7-10(15)5-9(21-7)6-16-8-2-3-11-12(4-8)18-14(20)13(19)17-11/h2-5,16H,6H2,1H3,(H,17,19)(H,18,20). The highest BCUT2D eigenvalue weighted by molar-refractivity contribution is 9.10. The number of aromatic nitrogens is 2. The smallest absolute Gasteiger partial charge is 0.314 e. The molecule has 5 nitrogen and oxygen atoms in total. The summed E-state index contributed by atoms with van der Waals surface area (Å²) in [6.07, 6.45) is 0. The monoisotopic (exact) mass is 365 g/mol. The lowest BCUT2D eigenvalue weighted by Crippen LogP contribution is -2.28. The molecule has 0 fully saturated rings. The van der Waals surface area contributed by atoms with Crippen molar-refractivity contribution in [2.45, 2.75) is 13.5 Å². The zero-order valence-corrected chi connectivity index (χ0v) is 13.5. The van der Waals surface area contributed by atoms with Crippen LogP contribution in [0.1, 0.15) is 9.75 Å². The third-order valence-electron chi connectivity index (χ3n) is 3.10. The van der Waals surface area contributed by atoms with E-state index in [1.807, 2.05) is 12.1 Å². The minimum absolute atomic E-state index is 0.605. The first-order valence-corrected chi connectivity index (χ1v) is 7.89. The molecule has 0 spiro atoms. The second-order valence-electron chi connectivity index (χ2n) is 4.64. The van der Waals surface area contributed by atoms with Crippen LogP contribution in [0.4, 0.5) is 5.69 Å². The fraction of sp³-hybridized carbons (Fsp3) is 0.143. The van der Waals surface area contributed by atoms with Gasteiger partial charge in [-0.25, -0.2) is 0 Å². The summed E-state index contributed by atoms with van der Waals surface area (Å²) in [6.45, 7) is 2.77. The first-order valence-electron chi connectivity index (χ1n) is 6.28. The highest BCUT2D eigenvalue weighted by atomic mass is 79.9. The normalized spacial score (nSPS) is 11.0. The maximum atomic E-state index is 11.3. The van der Waals surface area contributed by atoms with E-state index in [9.17, 15) is 9.59 Å². The van der Waals surface area contributed by atoms with Gasteiger partial charge in [0, 0.05) is 26.5 Å². The summed E-state index contributed by atoms with van der Waals surface area (Å²) in [7, 11) is 0. The van der Waals surface area contributed by atoms with Gasteiger partial charge in [-0.05, 0) is 47.1 Å². The van der Waals surface area contributed by atoms with Crippen LogP contribution >= 0.6 is 27.3 Å². The first kappa shape index (κ1) is 14.1. The van der Waals surface area contributed by atoms with Crippen LogP contribution in [0.5, 0.6) is 0 Å². The molecule has 3 rings (SSSR count). The van der Waals surface area contributed by atoms with Crippen molar-refractivity contribution in [3.63, 3.8) is 0 Å². The molecule has 108 valence electrons. The fourth-order valence-corrected chi connectivity index (χ4v) is 3.56. The number of thiophene rings is 1. The van der Waals surface area contributed by atoms with Gasteiger partial charge < -0.3 is 15.3 Å². The van der Waals surface area contributed by atoms with Gasteiger partial charge in [-0.2, -0.15) is 0 Å². The molecule has 0 amide bonds. The Hall–Kier alpha value is -1.86. The van der Waals surface area contributed by atoms with Crippen molar-refractivity contribution in [1.82, 2.24) is 9.97 Å². The van der Waals surface area contributed by atoms with Crippen LogP contribution in [0.25, 0.3) is 11.0 Å². The summed E-state index contributed by atoms with van der Waals surface area (Å²) in [5.41, 5.74) is 0.819. The Morgan fingerprint density at radius 3 is 2.52 bits per heavy atom. The molecule has 2 aromatic heterocycles. The number of hydrogen-bond donors (Lipinski definition) is 3. The number of halogens is 1. The Balaban J connectivity index is 1.86. The SMILES string of the molecule is Cc1sc(CNc2ccc3[nH]c(=O)c(=O)[nH]c3c2)cc1Br. The summed E-state index contributed by atoms with van der Waals surface area (Å²) in [4.78, 5) is 30.1. The fourth-order valence-electron chi connectivity index (χ4n) is 2.02. The van der Waals surface area contributed by atoms with Crippen molar-refractivity contribution in [2.75, 3.05) is 5.32 Å². The maximum Gasteiger partial charge on any atom is 0.314 e. The molecule has 0 aliphatic heterocycles. The molecule has 0 unspecified atom stereocenters. The number of rotatable bonds is 3. The van der Waals surface area contributed by atoms with Crippen molar-refractivity contribution >= 4 is 44.0 Å². The minimum atomic E-state index is -0.641. The molecule has 0 bridgehead atoms. The van der Waals surface area contributed by atoms with Crippen LogP contribution in [0.15, 0.2) is 38.3 Å². The molecule has 0 saturated heterocycles. The maximum absolute atomic E-state index is 11.3. The van der Waals surface area contributed by atoms with Crippen molar-refractivity contribution in [1.29, 1.82) is 0 Å². The van der Waals surface area contributed by atoms with E-state index in [4.69, 9.17) is 0 Å². The van der Waals surface area contributed by atoms with Gasteiger partial charge in [0.05, 0.1) is 11.0 Å². The Morgan fingerprint density at radius 2 is 1.86 bits per heavy atom. The number of anilines is 1. The summed E-state index contributed by atoms with van der Waals surface area (Å²) in [5, 5.41) is 3.30. The predicted octanol–water partition coefficient (Wildman–Crippen LogP) is 2.96. The summed E-state index contributed by atoms with van der Waals surface area (Å²) >= 11 is 5.23. The van der Waals surface area contributed by atoms with E-state index in [2.05, 4.69) is 44.2 Å². The first-order chi connectivity index (χ1) is 10.0. The predicted molar refractivity (Wildman–Crippen MR) is 89.3 cm³/mol. The van der Waals surface area contributed by atoms with E-state index in [0.29, 0.717) is 17.6 Å². The van der Waals surface area contributed by atoms with Gasteiger partial charge in [0.1, 0.15) is 0 Å². The summed E-state index contributed by atoms with van der Waals surface area (Å²) < 4.78 is 1.12. The van der Waals surface area contributed by atoms with Crippen LogP contribution in [0, 0.1) is 6.92 Å². The zero-order valence-electron chi connectivity index (χ0n) is 11.1. The molecular formula is C14H12BrN3O2S. The Kier molecular flexibility index (Phi) is 3.69. The van der Waals surface area contributed by atoms with Gasteiger partial charge in [-0.15, -0.1) is 11.3 Å². The van der Waals surface area contributed by atoms with Crippen molar-refractivity contribution in [2.24, 2.45) is 0 Å². The quantitative estimate of drug-likeness (QED) is 0.624. The number of aryl methyl sites for hydroxylation is 1. The van der Waals surface area contributed by atoms with E-state index in [-0.39, 0.29) is 0 Å². The van der Waals surface area contributed by atoms with Gasteiger partial charge >= 0.3 is 11.1 Å². The Morgan fingerprint density at radius 1 is 1.14 bits per heavy atom. The van der Waals surface area contributed by atoms with Gasteiger partial charge in [0.15, 0.2) is 0 Å². The number of H-pyrrole nitrogens is 2. The van der Waals surface area contributed by atoms with Crippen LogP contribution in [-0.4, -0.2) is 9.97 Å². The number of fused-ring (bicyclic) bond motifs is 1. The van der Waals surface area contributed by atoms with E-state index in [0.717, 1.165) is 10.2 Å². The molecule has 21 heavy (non-hydrogen) atoms. The largest absolute Gasteiger partial charge is 0.380 e. The molecule has 7 heteroatoms. The molecule has 3 N–H and O–H groups in total. The lowest BCUT2D eigenvalue weighted by molar-refractivity contribution is 1.14. The molecule has 0 aliphatic carbocycles. The number of nitrogens with one attached hydrogen (secondary N) is 3. The van der Waals surface area contributed by atoms with Gasteiger partial charge in [-0.1, -0.05) is 0 Å². The Bertz CT molecular complexity index is 906. The lowest BCUT2D eigenvalue weighted by Gasteiger charge is -2.06. The van der Waals surface area contributed by atoms with E-state index < -0.39 is 11.1 Å². The lowest BCUT2D eigenvalue weighted by atomic mass is 10.2. The molecule has 3 aromatic rings. The highest BCUT2D eigenvalue weighted by Gasteiger charge is 2.04. The molecule has 1 aromatic carbocycles. The molecular weight excluding hydrogens is 354 g/mol. The molecule has 0 aliphatic rings. The van der Waals surface area contributed by atoms with Crippen LogP contribution in [0.2, 0.25) is 0 Å². The molecule has 0 saturated carbocycles. The van der Waals surface area contributed by atoms with Crippen LogP contribution in [-0.2, 0) is 6.54 Å². The average Bonchev–Trinajstić information content (AvgIpc) is 2.77. The van der Waals surface area contributed by atoms with Gasteiger partial charge in [0.25, 0.3) is 0 Å². The second-order valence-corrected chi connectivity index (χ2v) is 6.83. The number of benzene rings is 1. The van der Waals surface area contributed by atoms with Crippen molar-refractivity contribution in [3.05, 3.63) is 59.2 Å². The second kappa shape index (κ2) is 5.50. The topological polar surface area (TPSA) is 77.8 Å². The van der Waals surface area contributed by atoms with Gasteiger partial charge in [0.2, 0.25) is 0 Å². The van der Waals surface area contributed by atoms with Gasteiger partial charge in [-0.3, -0.25) is 9.59 Å². The third kappa shape index (κ3) is 2.93. The molecule has 0 radical (unpaired) electrons. The number of hydrogen-bond acceptors (Lipinski definition) is 4. The average molecular weight is 366 g/mol. The summed E-state index contributed by atoms with van der Waals surface area (Å²) in [5.74, 6) is 0. The van der Waals surface area contributed by atoms with E-state index in [1.165, 1.54) is 9.75 Å². The zero-order chi connectivity index (χ0) is 15.0. The third-order valence-corrected chi connectivity index (χ3v) is 5.23. The van der Waals surface area contributed by atoms with E-state index >= 15 is 0 Å². The van der Waals surface area contributed by atoms with Crippen LogP contribution in [0.3, 0.4) is 0 Å². The molecule has 0 atom stereocenters. The Labute approximate surface area is 132 Å². The summed E-state index contributed by atoms with van der Waals surface area (Å²) in [6, 6.07) is 7.53. The highest BCUT2D eigenvalue weighted by Crippen LogP contribution is 2.27. The minimum Gasteiger partial charge on any atom is -0.380 e. The van der Waals surface area contributed by atoms with Crippen molar-refractivity contribution < 1.29 is 0 Å². The van der Waals surface area contributed by atoms with E-state index in [1.54, 1.807) is 17.4 Å².